The summed E-state index contributed by atoms with van der Waals surface area (Å²) in [5, 5.41) is 10.7. The maximum atomic E-state index is 13.2. The second-order valence-electron chi connectivity index (χ2n) is 7.00. The van der Waals surface area contributed by atoms with Gasteiger partial charge in [0.2, 0.25) is 0 Å². The minimum Gasteiger partial charge on any atom is -0.324 e. The summed E-state index contributed by atoms with van der Waals surface area (Å²) in [6.07, 6.45) is 4.88. The Bertz CT molecular complexity index is 1020. The van der Waals surface area contributed by atoms with Crippen molar-refractivity contribution in [3.8, 4) is 11.4 Å². The first-order chi connectivity index (χ1) is 13.6. The molecular formula is C20H22N6O2. The number of piperidine rings is 1. The van der Waals surface area contributed by atoms with Crippen molar-refractivity contribution in [2.45, 2.75) is 25.3 Å². The number of rotatable bonds is 4. The molecule has 1 aliphatic heterocycles. The van der Waals surface area contributed by atoms with Gasteiger partial charge in [-0.1, -0.05) is 0 Å². The fraction of sp³-hybridized carbons (Fsp3) is 0.300. The third kappa shape index (κ3) is 3.46. The number of aromatic amines is 1. The number of carbonyl (C=O) groups excluding carboxylic acids is 1. The minimum absolute atomic E-state index is 0.0764. The van der Waals surface area contributed by atoms with Gasteiger partial charge in [0, 0.05) is 35.4 Å². The van der Waals surface area contributed by atoms with E-state index in [1.54, 1.807) is 17.8 Å². The van der Waals surface area contributed by atoms with Gasteiger partial charge < -0.3 is 15.6 Å². The van der Waals surface area contributed by atoms with Crippen LogP contribution < -0.4 is 16.2 Å². The van der Waals surface area contributed by atoms with E-state index in [0.717, 1.165) is 18.7 Å². The minimum atomic E-state index is -0.698. The van der Waals surface area contributed by atoms with Crippen LogP contribution in [0, 0.1) is 6.92 Å². The van der Waals surface area contributed by atoms with Crippen molar-refractivity contribution >= 4 is 11.6 Å². The summed E-state index contributed by atoms with van der Waals surface area (Å²) < 4.78 is 1.76. The maximum Gasteiger partial charge on any atom is 0.252 e. The summed E-state index contributed by atoms with van der Waals surface area (Å²) in [6.45, 7) is 3.30. The van der Waals surface area contributed by atoms with Crippen molar-refractivity contribution < 1.29 is 4.79 Å². The summed E-state index contributed by atoms with van der Waals surface area (Å²) in [4.78, 5) is 31.9. The zero-order valence-electron chi connectivity index (χ0n) is 15.6. The molecule has 3 heterocycles. The molecule has 28 heavy (non-hydrogen) atoms. The van der Waals surface area contributed by atoms with Crippen molar-refractivity contribution in [2.24, 2.45) is 0 Å². The SMILES string of the molecule is Cc1cc(=O)[nH]c(-c2ccc(NC(=O)C3(n4cccn4)CCNCC3)cc2)n1. The summed E-state index contributed by atoms with van der Waals surface area (Å²) in [6, 6.07) is 10.6. The number of aryl methyl sites for hydroxylation is 1. The van der Waals surface area contributed by atoms with Gasteiger partial charge >= 0.3 is 0 Å². The number of hydrogen-bond donors (Lipinski definition) is 3. The van der Waals surface area contributed by atoms with Gasteiger partial charge in [-0.25, -0.2) is 4.98 Å². The van der Waals surface area contributed by atoms with Crippen LogP contribution in [-0.2, 0) is 10.3 Å². The predicted molar refractivity (Wildman–Crippen MR) is 106 cm³/mol. The largest absolute Gasteiger partial charge is 0.324 e. The highest BCUT2D eigenvalue weighted by Crippen LogP contribution is 2.29. The molecule has 0 radical (unpaired) electrons. The van der Waals surface area contributed by atoms with Crippen LogP contribution in [0.2, 0.25) is 0 Å². The highest BCUT2D eigenvalue weighted by molar-refractivity contribution is 5.96. The van der Waals surface area contributed by atoms with Gasteiger partial charge in [-0.3, -0.25) is 14.3 Å². The molecule has 1 fully saturated rings. The molecule has 3 N–H and O–H groups in total. The fourth-order valence-corrected chi connectivity index (χ4v) is 3.60. The number of anilines is 1. The Morgan fingerprint density at radius 1 is 1.21 bits per heavy atom. The Morgan fingerprint density at radius 3 is 2.61 bits per heavy atom. The molecule has 1 saturated heterocycles. The molecule has 0 aliphatic carbocycles. The lowest BCUT2D eigenvalue weighted by Gasteiger charge is -2.36. The lowest BCUT2D eigenvalue weighted by atomic mass is 9.87. The second kappa shape index (κ2) is 7.40. The molecule has 8 heteroatoms. The average Bonchev–Trinajstić information content (AvgIpc) is 3.24. The van der Waals surface area contributed by atoms with Crippen LogP contribution in [0.1, 0.15) is 18.5 Å². The molecule has 8 nitrogen and oxygen atoms in total. The van der Waals surface area contributed by atoms with E-state index in [0.29, 0.717) is 30.0 Å². The quantitative estimate of drug-likeness (QED) is 0.640. The number of aromatic nitrogens is 4. The smallest absolute Gasteiger partial charge is 0.252 e. The summed E-state index contributed by atoms with van der Waals surface area (Å²) >= 11 is 0. The number of hydrogen-bond acceptors (Lipinski definition) is 5. The Morgan fingerprint density at radius 2 is 1.96 bits per heavy atom. The number of amides is 1. The highest BCUT2D eigenvalue weighted by atomic mass is 16.2. The van der Waals surface area contributed by atoms with Crippen LogP contribution in [0.15, 0.2) is 53.6 Å². The Balaban J connectivity index is 1.56. The van der Waals surface area contributed by atoms with Gasteiger partial charge in [0.1, 0.15) is 11.4 Å². The normalized spacial score (nSPS) is 15.9. The van der Waals surface area contributed by atoms with Crippen LogP contribution in [0.5, 0.6) is 0 Å². The number of H-pyrrole nitrogens is 1. The first-order valence-electron chi connectivity index (χ1n) is 9.28. The first kappa shape index (κ1) is 18.1. The monoisotopic (exact) mass is 378 g/mol. The molecule has 144 valence electrons. The maximum absolute atomic E-state index is 13.2. The average molecular weight is 378 g/mol. The summed E-state index contributed by atoms with van der Waals surface area (Å²) in [7, 11) is 0. The van der Waals surface area contributed by atoms with Crippen molar-refractivity contribution in [2.75, 3.05) is 18.4 Å². The van der Waals surface area contributed by atoms with Crippen molar-refractivity contribution in [3.63, 3.8) is 0 Å². The molecule has 1 amide bonds. The molecular weight excluding hydrogens is 356 g/mol. The van der Waals surface area contributed by atoms with Crippen LogP contribution in [0.3, 0.4) is 0 Å². The zero-order valence-corrected chi connectivity index (χ0v) is 15.6. The Labute approximate surface area is 162 Å². The molecule has 1 aliphatic rings. The number of nitrogens with zero attached hydrogens (tertiary/aromatic N) is 3. The third-order valence-electron chi connectivity index (χ3n) is 5.08. The van der Waals surface area contributed by atoms with Gasteiger partial charge in [-0.05, 0) is 63.2 Å². The molecule has 0 bridgehead atoms. The van der Waals surface area contributed by atoms with Crippen molar-refractivity contribution in [1.82, 2.24) is 25.1 Å². The van der Waals surface area contributed by atoms with Gasteiger partial charge in [0.25, 0.3) is 11.5 Å². The van der Waals surface area contributed by atoms with E-state index in [1.807, 2.05) is 36.5 Å². The van der Waals surface area contributed by atoms with E-state index >= 15 is 0 Å². The molecule has 3 aromatic rings. The van der Waals surface area contributed by atoms with E-state index in [2.05, 4.69) is 25.7 Å². The van der Waals surface area contributed by atoms with E-state index in [-0.39, 0.29) is 11.5 Å². The zero-order chi connectivity index (χ0) is 19.6. The molecule has 2 aromatic heterocycles. The lowest BCUT2D eigenvalue weighted by molar-refractivity contribution is -0.126. The molecule has 0 unspecified atom stereocenters. The number of nitrogens with one attached hydrogen (secondary N) is 3. The third-order valence-corrected chi connectivity index (χ3v) is 5.08. The van der Waals surface area contributed by atoms with Crippen LogP contribution in [0.25, 0.3) is 11.4 Å². The highest BCUT2D eigenvalue weighted by Gasteiger charge is 2.42. The van der Waals surface area contributed by atoms with Crippen molar-refractivity contribution in [3.05, 3.63) is 64.8 Å². The Hall–Kier alpha value is -3.26. The summed E-state index contributed by atoms with van der Waals surface area (Å²) in [5.41, 5.74) is 1.24. The van der Waals surface area contributed by atoms with Gasteiger partial charge in [-0.2, -0.15) is 5.10 Å². The van der Waals surface area contributed by atoms with Crippen LogP contribution in [0.4, 0.5) is 5.69 Å². The fourth-order valence-electron chi connectivity index (χ4n) is 3.60. The van der Waals surface area contributed by atoms with E-state index in [1.165, 1.54) is 6.07 Å². The van der Waals surface area contributed by atoms with Gasteiger partial charge in [0.05, 0.1) is 0 Å². The van der Waals surface area contributed by atoms with Crippen LogP contribution >= 0.6 is 0 Å². The first-order valence-corrected chi connectivity index (χ1v) is 9.28. The predicted octanol–water partition coefficient (Wildman–Crippen LogP) is 1.66. The van der Waals surface area contributed by atoms with E-state index in [4.69, 9.17) is 0 Å². The molecule has 0 atom stereocenters. The number of carbonyl (C=O) groups is 1. The summed E-state index contributed by atoms with van der Waals surface area (Å²) in [5.74, 6) is 0.432. The van der Waals surface area contributed by atoms with Gasteiger partial charge in [-0.15, -0.1) is 0 Å². The topological polar surface area (TPSA) is 105 Å². The lowest BCUT2D eigenvalue weighted by Crippen LogP contribution is -2.52. The molecule has 0 spiro atoms. The number of benzene rings is 1. The Kier molecular flexibility index (Phi) is 4.79. The van der Waals surface area contributed by atoms with Gasteiger partial charge in [0.15, 0.2) is 0 Å². The molecule has 1 aromatic carbocycles. The van der Waals surface area contributed by atoms with E-state index < -0.39 is 5.54 Å². The molecule has 0 saturated carbocycles. The molecule has 4 rings (SSSR count). The van der Waals surface area contributed by atoms with E-state index in [9.17, 15) is 9.59 Å². The van der Waals surface area contributed by atoms with Crippen molar-refractivity contribution in [1.29, 1.82) is 0 Å². The standard InChI is InChI=1S/C20H22N6O2/c1-14-13-17(27)25-18(23-14)15-3-5-16(6-4-15)24-19(28)20(7-10-21-11-8-20)26-12-2-9-22-26/h2-6,9,12-13,21H,7-8,10-11H2,1H3,(H,24,28)(H,23,25,27). The second-order valence-corrected chi connectivity index (χ2v) is 7.00. The van der Waals surface area contributed by atoms with Crippen LogP contribution in [-0.4, -0.2) is 38.7 Å².